The number of hydrogen-bond acceptors (Lipinski definition) is 3. The summed E-state index contributed by atoms with van der Waals surface area (Å²) >= 11 is 0. The molecule has 0 saturated heterocycles. The van der Waals surface area contributed by atoms with E-state index < -0.39 is 0 Å². The van der Waals surface area contributed by atoms with E-state index in [0.29, 0.717) is 6.04 Å². The van der Waals surface area contributed by atoms with Gasteiger partial charge in [-0.2, -0.15) is 0 Å². The van der Waals surface area contributed by atoms with Gasteiger partial charge in [0.15, 0.2) is 0 Å². The van der Waals surface area contributed by atoms with Crippen molar-refractivity contribution in [2.24, 2.45) is 0 Å². The van der Waals surface area contributed by atoms with Crippen LogP contribution >= 0.6 is 0 Å². The molecular formula is C11H25NO2. The second-order valence-corrected chi connectivity index (χ2v) is 4.38. The van der Waals surface area contributed by atoms with E-state index in [0.717, 1.165) is 25.7 Å². The van der Waals surface area contributed by atoms with E-state index >= 15 is 0 Å². The molecule has 2 atom stereocenters. The third-order valence-corrected chi connectivity index (χ3v) is 2.54. The van der Waals surface area contributed by atoms with Gasteiger partial charge < -0.3 is 15.5 Å². The Kier molecular flexibility index (Phi) is 7.15. The number of aliphatic hydroxyl groups is 2. The third-order valence-electron chi connectivity index (χ3n) is 2.54. The van der Waals surface area contributed by atoms with E-state index in [-0.39, 0.29) is 18.8 Å². The molecule has 0 amide bonds. The molecule has 0 aliphatic rings. The van der Waals surface area contributed by atoms with Gasteiger partial charge in [-0.1, -0.05) is 13.3 Å². The lowest BCUT2D eigenvalue weighted by atomic mass is 9.95. The van der Waals surface area contributed by atoms with Crippen molar-refractivity contribution in [3.05, 3.63) is 0 Å². The van der Waals surface area contributed by atoms with Crippen molar-refractivity contribution in [3.63, 3.8) is 0 Å². The first-order valence-electron chi connectivity index (χ1n) is 5.57. The zero-order valence-electron chi connectivity index (χ0n) is 9.71. The van der Waals surface area contributed by atoms with Gasteiger partial charge in [-0.25, -0.2) is 0 Å². The van der Waals surface area contributed by atoms with Crippen molar-refractivity contribution in [1.82, 2.24) is 5.32 Å². The first-order chi connectivity index (χ1) is 6.58. The summed E-state index contributed by atoms with van der Waals surface area (Å²) in [5.74, 6) is 0. The minimum absolute atomic E-state index is 0.163. The molecule has 3 nitrogen and oxygen atoms in total. The van der Waals surface area contributed by atoms with E-state index in [1.807, 2.05) is 6.92 Å². The predicted molar refractivity (Wildman–Crippen MR) is 59.3 cm³/mol. The first kappa shape index (κ1) is 13.9. The fraction of sp³-hybridized carbons (Fsp3) is 1.00. The molecule has 2 unspecified atom stereocenters. The van der Waals surface area contributed by atoms with Gasteiger partial charge in [0.1, 0.15) is 0 Å². The molecule has 0 aliphatic carbocycles. The average molecular weight is 203 g/mol. The number of nitrogens with one attached hydrogen (secondary N) is 1. The maximum Gasteiger partial charge on any atom is 0.0610 e. The van der Waals surface area contributed by atoms with E-state index in [4.69, 9.17) is 5.11 Å². The van der Waals surface area contributed by atoms with Crippen LogP contribution in [0.15, 0.2) is 0 Å². The van der Waals surface area contributed by atoms with Crippen LogP contribution in [0.2, 0.25) is 0 Å². The second-order valence-electron chi connectivity index (χ2n) is 4.38. The summed E-state index contributed by atoms with van der Waals surface area (Å²) in [4.78, 5) is 0. The molecule has 0 heterocycles. The number of hydrogen-bond donors (Lipinski definition) is 3. The molecule has 0 bridgehead atoms. The van der Waals surface area contributed by atoms with Crippen molar-refractivity contribution in [3.8, 4) is 0 Å². The minimum Gasteiger partial charge on any atom is -0.396 e. The molecule has 0 saturated carbocycles. The maximum atomic E-state index is 9.28. The van der Waals surface area contributed by atoms with Gasteiger partial charge in [-0.15, -0.1) is 0 Å². The molecule has 0 aliphatic heterocycles. The topological polar surface area (TPSA) is 52.5 Å². The van der Waals surface area contributed by atoms with Crippen LogP contribution in [0.25, 0.3) is 0 Å². The normalized spacial score (nSPS) is 17.8. The Morgan fingerprint density at radius 3 is 2.43 bits per heavy atom. The summed E-state index contributed by atoms with van der Waals surface area (Å²) < 4.78 is 0. The summed E-state index contributed by atoms with van der Waals surface area (Å²) in [6, 6.07) is 0.353. The molecule has 0 aromatic carbocycles. The summed E-state index contributed by atoms with van der Waals surface area (Å²) in [5, 5.41) is 21.4. The van der Waals surface area contributed by atoms with Crippen LogP contribution in [-0.2, 0) is 0 Å². The molecule has 86 valence electrons. The van der Waals surface area contributed by atoms with Crippen molar-refractivity contribution >= 4 is 0 Å². The second kappa shape index (κ2) is 7.21. The number of rotatable bonds is 8. The standard InChI is InChI=1S/C11H25NO2/c1-4-7-11(3,9-14)12-10(2)6-5-8-13/h10,12-14H,4-9H2,1-3H3. The molecule has 3 heteroatoms. The highest BCUT2D eigenvalue weighted by Crippen LogP contribution is 2.13. The monoisotopic (exact) mass is 203 g/mol. The van der Waals surface area contributed by atoms with Crippen LogP contribution in [0.4, 0.5) is 0 Å². The average Bonchev–Trinajstić information content (AvgIpc) is 2.15. The van der Waals surface area contributed by atoms with Crippen molar-refractivity contribution < 1.29 is 10.2 Å². The SMILES string of the molecule is CCCC(C)(CO)NC(C)CCCO. The molecule has 14 heavy (non-hydrogen) atoms. The van der Waals surface area contributed by atoms with Crippen LogP contribution in [0.3, 0.4) is 0 Å². The largest absolute Gasteiger partial charge is 0.396 e. The van der Waals surface area contributed by atoms with Crippen LogP contribution in [0, 0.1) is 0 Å². The lowest BCUT2D eigenvalue weighted by molar-refractivity contribution is 0.149. The molecule has 0 rings (SSSR count). The van der Waals surface area contributed by atoms with Gasteiger partial charge in [0.05, 0.1) is 6.61 Å². The van der Waals surface area contributed by atoms with E-state index in [9.17, 15) is 5.11 Å². The van der Waals surface area contributed by atoms with E-state index in [1.54, 1.807) is 0 Å². The Morgan fingerprint density at radius 1 is 1.36 bits per heavy atom. The van der Waals surface area contributed by atoms with Gasteiger partial charge in [0, 0.05) is 18.2 Å². The Bertz CT molecular complexity index is 141. The highest BCUT2D eigenvalue weighted by molar-refractivity contribution is 4.84. The zero-order chi connectivity index (χ0) is 11.0. The Morgan fingerprint density at radius 2 is 2.00 bits per heavy atom. The van der Waals surface area contributed by atoms with Crippen LogP contribution < -0.4 is 5.32 Å². The van der Waals surface area contributed by atoms with Gasteiger partial charge in [0.2, 0.25) is 0 Å². The molecule has 0 aromatic heterocycles. The first-order valence-corrected chi connectivity index (χ1v) is 5.57. The molecule has 0 spiro atoms. The van der Waals surface area contributed by atoms with Crippen LogP contribution in [0.1, 0.15) is 46.5 Å². The fourth-order valence-electron chi connectivity index (χ4n) is 1.81. The molecule has 0 fully saturated rings. The van der Waals surface area contributed by atoms with Gasteiger partial charge in [-0.3, -0.25) is 0 Å². The third kappa shape index (κ3) is 5.58. The molecule has 0 aromatic rings. The molecule has 3 N–H and O–H groups in total. The maximum absolute atomic E-state index is 9.28. The lowest BCUT2D eigenvalue weighted by Crippen LogP contribution is -2.49. The van der Waals surface area contributed by atoms with Crippen LogP contribution in [0.5, 0.6) is 0 Å². The van der Waals surface area contributed by atoms with Gasteiger partial charge in [0.25, 0.3) is 0 Å². The summed E-state index contributed by atoms with van der Waals surface area (Å²) in [5.41, 5.74) is -0.163. The summed E-state index contributed by atoms with van der Waals surface area (Å²) in [6.45, 7) is 6.68. The fourth-order valence-corrected chi connectivity index (χ4v) is 1.81. The Labute approximate surface area is 87.5 Å². The van der Waals surface area contributed by atoms with Gasteiger partial charge >= 0.3 is 0 Å². The van der Waals surface area contributed by atoms with Crippen LogP contribution in [-0.4, -0.2) is 35.0 Å². The zero-order valence-corrected chi connectivity index (χ0v) is 9.71. The summed E-state index contributed by atoms with van der Waals surface area (Å²) in [6.07, 6.45) is 3.82. The Hall–Kier alpha value is -0.120. The predicted octanol–water partition coefficient (Wildman–Crippen LogP) is 1.29. The highest BCUT2D eigenvalue weighted by Gasteiger charge is 2.23. The Balaban J connectivity index is 3.89. The van der Waals surface area contributed by atoms with Gasteiger partial charge in [-0.05, 0) is 33.1 Å². The van der Waals surface area contributed by atoms with E-state index in [2.05, 4.69) is 19.2 Å². The highest BCUT2D eigenvalue weighted by atomic mass is 16.3. The minimum atomic E-state index is -0.163. The lowest BCUT2D eigenvalue weighted by Gasteiger charge is -2.32. The van der Waals surface area contributed by atoms with E-state index in [1.165, 1.54) is 0 Å². The molecule has 0 radical (unpaired) electrons. The summed E-state index contributed by atoms with van der Waals surface area (Å²) in [7, 11) is 0. The number of aliphatic hydroxyl groups excluding tert-OH is 2. The molecular weight excluding hydrogens is 178 g/mol. The van der Waals surface area contributed by atoms with Crippen molar-refractivity contribution in [2.75, 3.05) is 13.2 Å². The van der Waals surface area contributed by atoms with Crippen molar-refractivity contribution in [1.29, 1.82) is 0 Å². The smallest absolute Gasteiger partial charge is 0.0610 e. The van der Waals surface area contributed by atoms with Crippen molar-refractivity contribution in [2.45, 2.75) is 58.0 Å². The quantitative estimate of drug-likeness (QED) is 0.557.